The minimum Gasteiger partial charge on any atom is -0.297 e. The normalized spacial score (nSPS) is 16.0. The van der Waals surface area contributed by atoms with E-state index in [-0.39, 0.29) is 5.78 Å². The summed E-state index contributed by atoms with van der Waals surface area (Å²) in [6.07, 6.45) is 0. The van der Waals surface area contributed by atoms with Crippen LogP contribution in [0.4, 0.5) is 0 Å². The minimum absolute atomic E-state index is 0.216. The molecule has 1 fully saturated rings. The molecule has 0 radical (unpaired) electrons. The summed E-state index contributed by atoms with van der Waals surface area (Å²) in [4.78, 5) is 17.1. The SMILES string of the molecule is O=C(CN1CCN(Cc2cccc3ccccc23)CC1)c1ccccc1. The summed E-state index contributed by atoms with van der Waals surface area (Å²) in [6, 6.07) is 24.7. The van der Waals surface area contributed by atoms with Gasteiger partial charge in [0.2, 0.25) is 0 Å². The molecule has 0 bridgehead atoms. The maximum absolute atomic E-state index is 12.4. The van der Waals surface area contributed by atoms with Crippen molar-refractivity contribution in [2.75, 3.05) is 32.7 Å². The van der Waals surface area contributed by atoms with Crippen molar-refractivity contribution >= 4 is 16.6 Å². The fraction of sp³-hybridized carbons (Fsp3) is 0.261. The lowest BCUT2D eigenvalue weighted by Gasteiger charge is -2.34. The first-order chi connectivity index (χ1) is 12.8. The standard InChI is InChI=1S/C23H24N2O/c26-23(20-8-2-1-3-9-20)18-25-15-13-24(14-16-25)17-21-11-6-10-19-7-4-5-12-22(19)21/h1-12H,13-18H2. The second kappa shape index (κ2) is 7.81. The minimum atomic E-state index is 0.216. The number of piperazine rings is 1. The summed E-state index contributed by atoms with van der Waals surface area (Å²) in [5.74, 6) is 0.216. The van der Waals surface area contributed by atoms with Gasteiger partial charge in [-0.05, 0) is 16.3 Å². The Morgan fingerprint density at radius 1 is 0.731 bits per heavy atom. The lowest BCUT2D eigenvalue weighted by Crippen LogP contribution is -2.47. The lowest BCUT2D eigenvalue weighted by molar-refractivity contribution is 0.0844. The molecule has 26 heavy (non-hydrogen) atoms. The highest BCUT2D eigenvalue weighted by Crippen LogP contribution is 2.20. The third-order valence-corrected chi connectivity index (χ3v) is 5.20. The van der Waals surface area contributed by atoms with E-state index in [9.17, 15) is 4.79 Å². The number of fused-ring (bicyclic) bond motifs is 1. The molecule has 0 aliphatic carbocycles. The van der Waals surface area contributed by atoms with Gasteiger partial charge in [0, 0.05) is 38.3 Å². The molecule has 3 nitrogen and oxygen atoms in total. The van der Waals surface area contributed by atoms with E-state index in [2.05, 4.69) is 52.3 Å². The molecule has 1 aliphatic rings. The van der Waals surface area contributed by atoms with Gasteiger partial charge in [0.25, 0.3) is 0 Å². The van der Waals surface area contributed by atoms with Gasteiger partial charge in [-0.25, -0.2) is 0 Å². The number of nitrogens with zero attached hydrogens (tertiary/aromatic N) is 2. The summed E-state index contributed by atoms with van der Waals surface area (Å²) < 4.78 is 0. The molecule has 3 heteroatoms. The van der Waals surface area contributed by atoms with E-state index in [1.165, 1.54) is 16.3 Å². The van der Waals surface area contributed by atoms with Crippen molar-refractivity contribution in [1.29, 1.82) is 0 Å². The van der Waals surface area contributed by atoms with Crippen LogP contribution < -0.4 is 0 Å². The fourth-order valence-electron chi connectivity index (χ4n) is 3.70. The molecule has 0 aromatic heterocycles. The molecule has 0 unspecified atom stereocenters. The number of hydrogen-bond acceptors (Lipinski definition) is 3. The molecule has 3 aromatic carbocycles. The molecule has 3 aromatic rings. The molecule has 132 valence electrons. The van der Waals surface area contributed by atoms with Crippen molar-refractivity contribution in [2.45, 2.75) is 6.54 Å². The topological polar surface area (TPSA) is 23.6 Å². The van der Waals surface area contributed by atoms with Crippen LogP contribution in [0.5, 0.6) is 0 Å². The quantitative estimate of drug-likeness (QED) is 0.657. The first-order valence-corrected chi connectivity index (χ1v) is 9.29. The van der Waals surface area contributed by atoms with Crippen LogP contribution in [0.25, 0.3) is 10.8 Å². The molecule has 0 spiro atoms. The zero-order chi connectivity index (χ0) is 17.8. The zero-order valence-electron chi connectivity index (χ0n) is 15.0. The molecule has 1 saturated heterocycles. The van der Waals surface area contributed by atoms with Crippen molar-refractivity contribution in [1.82, 2.24) is 9.80 Å². The van der Waals surface area contributed by atoms with Gasteiger partial charge in [0.1, 0.15) is 0 Å². The predicted octanol–water partition coefficient (Wildman–Crippen LogP) is 3.84. The molecule has 1 aliphatic heterocycles. The monoisotopic (exact) mass is 344 g/mol. The molecular weight excluding hydrogens is 320 g/mol. The van der Waals surface area contributed by atoms with E-state index >= 15 is 0 Å². The van der Waals surface area contributed by atoms with Gasteiger partial charge in [0.05, 0.1) is 6.54 Å². The van der Waals surface area contributed by atoms with Crippen LogP contribution in [-0.4, -0.2) is 48.3 Å². The fourth-order valence-corrected chi connectivity index (χ4v) is 3.70. The lowest BCUT2D eigenvalue weighted by atomic mass is 10.0. The Morgan fingerprint density at radius 3 is 2.19 bits per heavy atom. The maximum atomic E-state index is 12.4. The number of hydrogen-bond donors (Lipinski definition) is 0. The summed E-state index contributed by atoms with van der Waals surface area (Å²) in [5.41, 5.74) is 2.20. The molecule has 0 N–H and O–H groups in total. The molecule has 0 atom stereocenters. The van der Waals surface area contributed by atoms with Crippen molar-refractivity contribution in [3.63, 3.8) is 0 Å². The van der Waals surface area contributed by atoms with Crippen LogP contribution in [0, 0.1) is 0 Å². The van der Waals surface area contributed by atoms with E-state index < -0.39 is 0 Å². The van der Waals surface area contributed by atoms with E-state index in [0.717, 1.165) is 38.3 Å². The average Bonchev–Trinajstić information content (AvgIpc) is 2.70. The zero-order valence-corrected chi connectivity index (χ0v) is 15.0. The Kier molecular flexibility index (Phi) is 5.09. The highest BCUT2D eigenvalue weighted by atomic mass is 16.1. The summed E-state index contributed by atoms with van der Waals surface area (Å²) in [7, 11) is 0. The number of carbonyl (C=O) groups excluding carboxylic acids is 1. The largest absolute Gasteiger partial charge is 0.297 e. The Bertz CT molecular complexity index is 878. The number of carbonyl (C=O) groups is 1. The number of rotatable bonds is 5. The van der Waals surface area contributed by atoms with Crippen molar-refractivity contribution in [3.8, 4) is 0 Å². The van der Waals surface area contributed by atoms with Crippen LogP contribution in [0.15, 0.2) is 72.8 Å². The smallest absolute Gasteiger partial charge is 0.176 e. The Morgan fingerprint density at radius 2 is 1.38 bits per heavy atom. The van der Waals surface area contributed by atoms with E-state index in [1.54, 1.807) is 0 Å². The molecule has 0 saturated carbocycles. The van der Waals surface area contributed by atoms with Crippen molar-refractivity contribution in [2.24, 2.45) is 0 Å². The molecule has 4 rings (SSSR count). The van der Waals surface area contributed by atoms with Crippen LogP contribution >= 0.6 is 0 Å². The van der Waals surface area contributed by atoms with Gasteiger partial charge in [-0.15, -0.1) is 0 Å². The van der Waals surface area contributed by atoms with Gasteiger partial charge >= 0.3 is 0 Å². The van der Waals surface area contributed by atoms with Gasteiger partial charge < -0.3 is 0 Å². The summed E-state index contributed by atoms with van der Waals surface area (Å²) in [6.45, 7) is 5.40. The molecule has 1 heterocycles. The number of ketones is 1. The molecular formula is C23H24N2O. The Balaban J connectivity index is 1.34. The highest BCUT2D eigenvalue weighted by Gasteiger charge is 2.20. The third-order valence-electron chi connectivity index (χ3n) is 5.20. The van der Waals surface area contributed by atoms with Crippen LogP contribution in [-0.2, 0) is 6.54 Å². The van der Waals surface area contributed by atoms with E-state index in [0.29, 0.717) is 6.54 Å². The Labute approximate surface area is 154 Å². The number of Topliss-reactive ketones (excluding diaryl/α,β-unsaturated/α-hetero) is 1. The maximum Gasteiger partial charge on any atom is 0.176 e. The van der Waals surface area contributed by atoms with Gasteiger partial charge in [-0.1, -0.05) is 72.8 Å². The first kappa shape index (κ1) is 17.0. The van der Waals surface area contributed by atoms with Crippen LogP contribution in [0.1, 0.15) is 15.9 Å². The van der Waals surface area contributed by atoms with Crippen LogP contribution in [0.3, 0.4) is 0 Å². The average molecular weight is 344 g/mol. The first-order valence-electron chi connectivity index (χ1n) is 9.29. The summed E-state index contributed by atoms with van der Waals surface area (Å²) >= 11 is 0. The summed E-state index contributed by atoms with van der Waals surface area (Å²) in [5, 5.41) is 2.65. The number of benzene rings is 3. The second-order valence-electron chi connectivity index (χ2n) is 6.98. The highest BCUT2D eigenvalue weighted by molar-refractivity contribution is 5.97. The van der Waals surface area contributed by atoms with Crippen LogP contribution in [0.2, 0.25) is 0 Å². The van der Waals surface area contributed by atoms with E-state index in [4.69, 9.17) is 0 Å². The van der Waals surface area contributed by atoms with Crippen molar-refractivity contribution < 1.29 is 4.79 Å². The van der Waals surface area contributed by atoms with E-state index in [1.807, 2.05) is 30.3 Å². The van der Waals surface area contributed by atoms with Crippen molar-refractivity contribution in [3.05, 3.63) is 83.9 Å². The second-order valence-corrected chi connectivity index (χ2v) is 6.98. The molecule has 0 amide bonds. The predicted molar refractivity (Wildman–Crippen MR) is 106 cm³/mol. The third kappa shape index (κ3) is 3.85. The Hall–Kier alpha value is -2.49. The van der Waals surface area contributed by atoms with Gasteiger partial charge in [-0.2, -0.15) is 0 Å². The van der Waals surface area contributed by atoms with Gasteiger partial charge in [-0.3, -0.25) is 14.6 Å². The van der Waals surface area contributed by atoms with Gasteiger partial charge in [0.15, 0.2) is 5.78 Å².